The van der Waals surface area contributed by atoms with Gasteiger partial charge in [-0.05, 0) is 55.9 Å². The molecule has 1 amide bonds. The number of nitrogens with one attached hydrogen (secondary N) is 1. The third-order valence-electron chi connectivity index (χ3n) is 5.94. The van der Waals surface area contributed by atoms with Gasteiger partial charge in [0, 0.05) is 38.9 Å². The van der Waals surface area contributed by atoms with Crippen LogP contribution in [0.2, 0.25) is 0 Å². The number of hydrogen-bond donors (Lipinski definition) is 1. The molecule has 0 aliphatic carbocycles. The maximum Gasteiger partial charge on any atom is 0.255 e. The van der Waals surface area contributed by atoms with Gasteiger partial charge in [0.2, 0.25) is 10.0 Å². The highest BCUT2D eigenvalue weighted by Crippen LogP contribution is 2.24. The lowest BCUT2D eigenvalue weighted by molar-refractivity contribution is 0.0941. The topological polar surface area (TPSA) is 82.6 Å². The second kappa shape index (κ2) is 9.14. The molecule has 2 aliphatic rings. The molecule has 30 heavy (non-hydrogen) atoms. The van der Waals surface area contributed by atoms with Gasteiger partial charge in [0.1, 0.15) is 5.82 Å². The molecule has 1 aromatic heterocycles. The van der Waals surface area contributed by atoms with E-state index in [1.807, 2.05) is 12.1 Å². The number of carbonyl (C=O) groups excluding carboxylic acids is 1. The van der Waals surface area contributed by atoms with E-state index in [1.54, 1.807) is 40.8 Å². The Morgan fingerprint density at radius 3 is 2.40 bits per heavy atom. The van der Waals surface area contributed by atoms with Crippen LogP contribution in [0.5, 0.6) is 0 Å². The molecule has 0 radical (unpaired) electrons. The Kier molecular flexibility index (Phi) is 6.34. The van der Waals surface area contributed by atoms with Crippen molar-refractivity contribution in [2.24, 2.45) is 5.92 Å². The van der Waals surface area contributed by atoms with Crippen LogP contribution in [0, 0.1) is 5.92 Å². The molecule has 1 N–H and O–H groups in total. The standard InChI is InChI=1S/C22H28N4O3S/c27-22(20-9-6-12-23-21(20)25-13-4-5-14-25)24-17-18-10-15-26(16-11-18)30(28,29)19-7-2-1-3-8-19/h1-3,6-9,12,18H,4-5,10-11,13-17H2,(H,24,27). The van der Waals surface area contributed by atoms with Crippen molar-refractivity contribution in [2.75, 3.05) is 37.6 Å². The number of piperidine rings is 1. The van der Waals surface area contributed by atoms with Crippen molar-refractivity contribution in [3.8, 4) is 0 Å². The number of sulfonamides is 1. The molecule has 0 bridgehead atoms. The number of rotatable bonds is 6. The first-order chi connectivity index (χ1) is 14.6. The van der Waals surface area contributed by atoms with Gasteiger partial charge in [0.15, 0.2) is 0 Å². The van der Waals surface area contributed by atoms with Crippen LogP contribution in [0.15, 0.2) is 53.6 Å². The molecule has 0 saturated carbocycles. The van der Waals surface area contributed by atoms with Gasteiger partial charge in [-0.25, -0.2) is 13.4 Å². The minimum Gasteiger partial charge on any atom is -0.356 e. The molecule has 4 rings (SSSR count). The normalized spacial score (nSPS) is 18.5. The van der Waals surface area contributed by atoms with Crippen LogP contribution in [0.25, 0.3) is 0 Å². The fourth-order valence-electron chi connectivity index (χ4n) is 4.18. The van der Waals surface area contributed by atoms with Crippen molar-refractivity contribution in [1.29, 1.82) is 0 Å². The molecule has 7 nitrogen and oxygen atoms in total. The first kappa shape index (κ1) is 20.8. The second-order valence-electron chi connectivity index (χ2n) is 7.94. The van der Waals surface area contributed by atoms with Crippen LogP contribution in [0.3, 0.4) is 0 Å². The molecule has 2 aliphatic heterocycles. The smallest absolute Gasteiger partial charge is 0.255 e. The molecule has 0 atom stereocenters. The molecule has 3 heterocycles. The summed E-state index contributed by atoms with van der Waals surface area (Å²) in [6.07, 6.45) is 5.45. The summed E-state index contributed by atoms with van der Waals surface area (Å²) in [4.78, 5) is 19.7. The Morgan fingerprint density at radius 2 is 1.70 bits per heavy atom. The zero-order valence-corrected chi connectivity index (χ0v) is 17.9. The number of amides is 1. The SMILES string of the molecule is O=C(NCC1CCN(S(=O)(=O)c2ccccc2)CC1)c1cccnc1N1CCCC1. The third-order valence-corrected chi connectivity index (χ3v) is 7.86. The summed E-state index contributed by atoms with van der Waals surface area (Å²) in [6.45, 7) is 3.37. The average molecular weight is 429 g/mol. The largest absolute Gasteiger partial charge is 0.356 e. The van der Waals surface area contributed by atoms with Gasteiger partial charge in [-0.3, -0.25) is 4.79 Å². The fraction of sp³-hybridized carbons (Fsp3) is 0.455. The van der Waals surface area contributed by atoms with Crippen molar-refractivity contribution < 1.29 is 13.2 Å². The summed E-state index contributed by atoms with van der Waals surface area (Å²) < 4.78 is 27.1. The van der Waals surface area contributed by atoms with Gasteiger partial charge in [0.05, 0.1) is 10.5 Å². The predicted octanol–water partition coefficient (Wildman–Crippen LogP) is 2.51. The van der Waals surface area contributed by atoms with Crippen molar-refractivity contribution in [2.45, 2.75) is 30.6 Å². The minimum absolute atomic E-state index is 0.107. The first-order valence-corrected chi connectivity index (χ1v) is 12.0. The van der Waals surface area contributed by atoms with E-state index in [2.05, 4.69) is 15.2 Å². The van der Waals surface area contributed by atoms with E-state index < -0.39 is 10.0 Å². The Balaban J connectivity index is 1.32. The van der Waals surface area contributed by atoms with Crippen molar-refractivity contribution >= 4 is 21.7 Å². The van der Waals surface area contributed by atoms with Crippen LogP contribution in [-0.4, -0.2) is 56.3 Å². The first-order valence-electron chi connectivity index (χ1n) is 10.6. The van der Waals surface area contributed by atoms with Gasteiger partial charge in [0.25, 0.3) is 5.91 Å². The van der Waals surface area contributed by atoms with E-state index in [1.165, 1.54) is 0 Å². The van der Waals surface area contributed by atoms with Crippen LogP contribution in [0.1, 0.15) is 36.0 Å². The van der Waals surface area contributed by atoms with Crippen molar-refractivity contribution in [3.05, 3.63) is 54.2 Å². The summed E-state index contributed by atoms with van der Waals surface area (Å²) in [5.74, 6) is 0.920. The third kappa shape index (κ3) is 4.49. The second-order valence-corrected chi connectivity index (χ2v) is 9.88. The number of benzene rings is 1. The van der Waals surface area contributed by atoms with Crippen LogP contribution < -0.4 is 10.2 Å². The van der Waals surface area contributed by atoms with E-state index in [9.17, 15) is 13.2 Å². The zero-order valence-electron chi connectivity index (χ0n) is 17.0. The van der Waals surface area contributed by atoms with Gasteiger partial charge in [-0.1, -0.05) is 18.2 Å². The fourth-order valence-corrected chi connectivity index (χ4v) is 5.67. The van der Waals surface area contributed by atoms with E-state index in [0.29, 0.717) is 30.1 Å². The number of aromatic nitrogens is 1. The lowest BCUT2D eigenvalue weighted by atomic mass is 9.98. The van der Waals surface area contributed by atoms with E-state index in [-0.39, 0.29) is 11.8 Å². The lowest BCUT2D eigenvalue weighted by Gasteiger charge is -2.31. The minimum atomic E-state index is -3.44. The maximum atomic E-state index is 12.8. The number of hydrogen-bond acceptors (Lipinski definition) is 5. The molecule has 2 saturated heterocycles. The Morgan fingerprint density at radius 1 is 1.00 bits per heavy atom. The molecule has 8 heteroatoms. The van der Waals surface area contributed by atoms with Crippen molar-refractivity contribution in [3.63, 3.8) is 0 Å². The highest BCUT2D eigenvalue weighted by atomic mass is 32.2. The summed E-state index contributed by atoms with van der Waals surface area (Å²) >= 11 is 0. The van der Waals surface area contributed by atoms with Gasteiger partial charge in [-0.15, -0.1) is 0 Å². The highest BCUT2D eigenvalue weighted by Gasteiger charge is 2.29. The monoisotopic (exact) mass is 428 g/mol. The average Bonchev–Trinajstić information content (AvgIpc) is 3.33. The summed E-state index contributed by atoms with van der Waals surface area (Å²) in [5.41, 5.74) is 0.614. The molecule has 1 aromatic carbocycles. The Bertz CT molecular complexity index is 967. The molecular formula is C22H28N4O3S. The quantitative estimate of drug-likeness (QED) is 0.765. The van der Waals surface area contributed by atoms with Gasteiger partial charge < -0.3 is 10.2 Å². The van der Waals surface area contributed by atoms with Gasteiger partial charge >= 0.3 is 0 Å². The van der Waals surface area contributed by atoms with Crippen LogP contribution in [0.4, 0.5) is 5.82 Å². The Labute approximate surface area is 178 Å². The summed E-state index contributed by atoms with van der Waals surface area (Å²) in [7, 11) is -3.44. The predicted molar refractivity (Wildman–Crippen MR) is 116 cm³/mol. The molecule has 2 fully saturated rings. The summed E-state index contributed by atoms with van der Waals surface area (Å²) in [5, 5.41) is 3.04. The summed E-state index contributed by atoms with van der Waals surface area (Å²) in [6, 6.07) is 12.2. The van der Waals surface area contributed by atoms with Gasteiger partial charge in [-0.2, -0.15) is 4.31 Å². The number of carbonyl (C=O) groups is 1. The number of nitrogens with zero attached hydrogens (tertiary/aromatic N) is 3. The molecular weight excluding hydrogens is 400 g/mol. The zero-order chi connectivity index (χ0) is 21.0. The lowest BCUT2D eigenvalue weighted by Crippen LogP contribution is -2.41. The highest BCUT2D eigenvalue weighted by molar-refractivity contribution is 7.89. The molecule has 0 spiro atoms. The number of pyridine rings is 1. The van der Waals surface area contributed by atoms with E-state index >= 15 is 0 Å². The molecule has 160 valence electrons. The molecule has 0 unspecified atom stereocenters. The Hall–Kier alpha value is -2.45. The number of anilines is 1. The molecule has 2 aromatic rings. The van der Waals surface area contributed by atoms with Crippen LogP contribution in [-0.2, 0) is 10.0 Å². The van der Waals surface area contributed by atoms with E-state index in [0.717, 1.165) is 44.6 Å². The maximum absolute atomic E-state index is 12.8. The van der Waals surface area contributed by atoms with Crippen LogP contribution >= 0.6 is 0 Å². The van der Waals surface area contributed by atoms with Crippen molar-refractivity contribution in [1.82, 2.24) is 14.6 Å². The van der Waals surface area contributed by atoms with E-state index in [4.69, 9.17) is 0 Å².